The number of carbonyl (C=O) groups excluding carboxylic acids is 1. The quantitative estimate of drug-likeness (QED) is 0.665. The third kappa shape index (κ3) is 2.93. The minimum atomic E-state index is -0.494. The second kappa shape index (κ2) is 5.48. The molecule has 1 atom stereocenters. The van der Waals surface area contributed by atoms with Gasteiger partial charge in [-0.2, -0.15) is 5.06 Å². The Balaban J connectivity index is 2.84. The van der Waals surface area contributed by atoms with Crippen molar-refractivity contribution in [2.45, 2.75) is 19.4 Å². The summed E-state index contributed by atoms with van der Waals surface area (Å²) in [7, 11) is 1.49. The van der Waals surface area contributed by atoms with E-state index in [0.717, 1.165) is 13.7 Å². The lowest BCUT2D eigenvalue weighted by Crippen LogP contribution is -2.37. The molecule has 1 aromatic heterocycles. The molecule has 1 aromatic rings. The predicted molar refractivity (Wildman–Crippen MR) is 63.1 cm³/mol. The molecule has 2 N–H and O–H groups in total. The van der Waals surface area contributed by atoms with Crippen LogP contribution in [0.4, 0.5) is 4.79 Å². The number of nitrogens with zero attached hydrogens (tertiary/aromatic N) is 1. The first-order chi connectivity index (χ1) is 7.10. The van der Waals surface area contributed by atoms with Crippen LogP contribution in [0, 0.1) is 0 Å². The summed E-state index contributed by atoms with van der Waals surface area (Å²) >= 11 is 4.86. The van der Waals surface area contributed by atoms with Gasteiger partial charge in [0.05, 0.1) is 9.83 Å². The number of amides is 2. The molecule has 0 aliphatic heterocycles. The van der Waals surface area contributed by atoms with Crippen molar-refractivity contribution in [2.75, 3.05) is 7.05 Å². The van der Waals surface area contributed by atoms with Crippen LogP contribution >= 0.6 is 27.3 Å². The third-order valence-corrected chi connectivity index (χ3v) is 3.75. The number of rotatable bonds is 3. The van der Waals surface area contributed by atoms with Gasteiger partial charge in [-0.1, -0.05) is 6.92 Å². The van der Waals surface area contributed by atoms with Crippen molar-refractivity contribution in [2.24, 2.45) is 0 Å². The van der Waals surface area contributed by atoms with Gasteiger partial charge in [-0.25, -0.2) is 4.79 Å². The molecule has 0 saturated heterocycles. The molecule has 15 heavy (non-hydrogen) atoms. The van der Waals surface area contributed by atoms with Gasteiger partial charge in [-0.05, 0) is 34.5 Å². The number of urea groups is 1. The van der Waals surface area contributed by atoms with Gasteiger partial charge >= 0.3 is 6.03 Å². The Morgan fingerprint density at radius 1 is 1.73 bits per heavy atom. The maximum atomic E-state index is 11.2. The molecule has 84 valence electrons. The normalized spacial score (nSPS) is 12.3. The summed E-state index contributed by atoms with van der Waals surface area (Å²) in [5.41, 5.74) is 0. The molecule has 0 aliphatic rings. The monoisotopic (exact) mass is 292 g/mol. The van der Waals surface area contributed by atoms with Crippen molar-refractivity contribution in [3.05, 3.63) is 20.8 Å². The number of nitrogens with one attached hydrogen (secondary N) is 1. The highest BCUT2D eigenvalue weighted by atomic mass is 79.9. The van der Waals surface area contributed by atoms with Crippen molar-refractivity contribution >= 4 is 33.3 Å². The molecule has 1 heterocycles. The number of hydroxylamine groups is 2. The fourth-order valence-electron chi connectivity index (χ4n) is 1.26. The third-order valence-electron chi connectivity index (χ3n) is 2.03. The zero-order valence-corrected chi connectivity index (χ0v) is 10.9. The van der Waals surface area contributed by atoms with E-state index in [4.69, 9.17) is 0 Å². The fourth-order valence-corrected chi connectivity index (χ4v) is 2.85. The van der Waals surface area contributed by atoms with Gasteiger partial charge in [0.2, 0.25) is 0 Å². The zero-order chi connectivity index (χ0) is 11.4. The van der Waals surface area contributed by atoms with E-state index < -0.39 is 6.03 Å². The lowest BCUT2D eigenvalue weighted by molar-refractivity contribution is -0.0791. The van der Waals surface area contributed by atoms with Gasteiger partial charge in [-0.3, -0.25) is 5.21 Å². The van der Waals surface area contributed by atoms with Gasteiger partial charge in [0.25, 0.3) is 0 Å². The van der Waals surface area contributed by atoms with E-state index in [9.17, 15) is 10.0 Å². The maximum Gasteiger partial charge on any atom is 0.341 e. The van der Waals surface area contributed by atoms with Crippen LogP contribution in [-0.4, -0.2) is 23.3 Å². The Kier molecular flexibility index (Phi) is 4.56. The van der Waals surface area contributed by atoms with Gasteiger partial charge < -0.3 is 5.32 Å². The molecule has 1 rings (SSSR count). The van der Waals surface area contributed by atoms with E-state index in [1.165, 1.54) is 18.4 Å². The van der Waals surface area contributed by atoms with E-state index in [-0.39, 0.29) is 6.04 Å². The smallest absolute Gasteiger partial charge is 0.339 e. The molecule has 1 unspecified atom stereocenters. The highest BCUT2D eigenvalue weighted by Crippen LogP contribution is 2.31. The van der Waals surface area contributed by atoms with Crippen LogP contribution in [0.15, 0.2) is 15.9 Å². The molecule has 0 aliphatic carbocycles. The first-order valence-electron chi connectivity index (χ1n) is 4.55. The summed E-state index contributed by atoms with van der Waals surface area (Å²) in [5, 5.41) is 12.8. The summed E-state index contributed by atoms with van der Waals surface area (Å²) in [6.07, 6.45) is 0.664. The van der Waals surface area contributed by atoms with Crippen molar-refractivity contribution in [1.82, 2.24) is 10.4 Å². The van der Waals surface area contributed by atoms with E-state index in [0.29, 0.717) is 6.42 Å². The van der Waals surface area contributed by atoms with Crippen LogP contribution in [-0.2, 0) is 0 Å². The predicted octanol–water partition coefficient (Wildman–Crippen LogP) is 2.99. The molecule has 0 fully saturated rings. The SMILES string of the molecule is CCC(c1ccc(Br)s1)N(O)C(=O)NC. The minimum Gasteiger partial charge on any atom is -0.339 e. The van der Waals surface area contributed by atoms with Crippen LogP contribution in [0.5, 0.6) is 0 Å². The number of hydrogen-bond acceptors (Lipinski definition) is 3. The van der Waals surface area contributed by atoms with Gasteiger partial charge in [0, 0.05) is 11.9 Å². The van der Waals surface area contributed by atoms with E-state index in [2.05, 4.69) is 21.2 Å². The lowest BCUT2D eigenvalue weighted by Gasteiger charge is -2.23. The number of thiophene rings is 1. The van der Waals surface area contributed by atoms with Gasteiger partial charge in [0.15, 0.2) is 0 Å². The average molecular weight is 293 g/mol. The van der Waals surface area contributed by atoms with Crippen LogP contribution in [0.3, 0.4) is 0 Å². The van der Waals surface area contributed by atoms with Crippen LogP contribution in [0.25, 0.3) is 0 Å². The van der Waals surface area contributed by atoms with Crippen LogP contribution < -0.4 is 5.32 Å². The topological polar surface area (TPSA) is 52.6 Å². The standard InChI is InChI=1S/C9H13BrN2O2S/c1-3-6(12(14)9(13)11-2)7-4-5-8(10)15-7/h4-6,14H,3H2,1-2H3,(H,11,13). The number of carbonyl (C=O) groups is 1. The van der Waals surface area contributed by atoms with Gasteiger partial charge in [-0.15, -0.1) is 11.3 Å². The Bertz CT molecular complexity index is 343. The van der Waals surface area contributed by atoms with Gasteiger partial charge in [0.1, 0.15) is 0 Å². The first-order valence-corrected chi connectivity index (χ1v) is 6.16. The molecule has 0 aromatic carbocycles. The lowest BCUT2D eigenvalue weighted by atomic mass is 10.2. The summed E-state index contributed by atoms with van der Waals surface area (Å²) < 4.78 is 0.987. The van der Waals surface area contributed by atoms with E-state index >= 15 is 0 Å². The molecule has 0 radical (unpaired) electrons. The van der Waals surface area contributed by atoms with Crippen molar-refractivity contribution in [3.8, 4) is 0 Å². The summed E-state index contributed by atoms with van der Waals surface area (Å²) in [6, 6.07) is 3.02. The minimum absolute atomic E-state index is 0.291. The molecule has 0 bridgehead atoms. The molecule has 6 heteroatoms. The first kappa shape index (κ1) is 12.5. The fraction of sp³-hybridized carbons (Fsp3) is 0.444. The summed E-state index contributed by atoms with van der Waals surface area (Å²) in [5.74, 6) is 0. The highest BCUT2D eigenvalue weighted by molar-refractivity contribution is 9.11. The second-order valence-corrected chi connectivity index (χ2v) is 5.46. The van der Waals surface area contributed by atoms with Crippen molar-refractivity contribution in [3.63, 3.8) is 0 Å². The maximum absolute atomic E-state index is 11.2. The Labute approximate surface area is 101 Å². The van der Waals surface area contributed by atoms with E-state index in [1.54, 1.807) is 0 Å². The molecule has 4 nitrogen and oxygen atoms in total. The Morgan fingerprint density at radius 3 is 2.80 bits per heavy atom. The van der Waals surface area contributed by atoms with Crippen molar-refractivity contribution in [1.29, 1.82) is 0 Å². The zero-order valence-electron chi connectivity index (χ0n) is 8.53. The number of hydrogen-bond donors (Lipinski definition) is 2. The Morgan fingerprint density at radius 2 is 2.40 bits per heavy atom. The number of halogens is 1. The highest BCUT2D eigenvalue weighted by Gasteiger charge is 2.22. The molecule has 0 saturated carbocycles. The molecular formula is C9H13BrN2O2S. The molecular weight excluding hydrogens is 280 g/mol. The van der Waals surface area contributed by atoms with E-state index in [1.807, 2.05) is 19.1 Å². The Hall–Kier alpha value is -0.590. The summed E-state index contributed by atoms with van der Waals surface area (Å²) in [6.45, 7) is 1.92. The molecule has 2 amide bonds. The second-order valence-electron chi connectivity index (χ2n) is 2.97. The largest absolute Gasteiger partial charge is 0.341 e. The summed E-state index contributed by atoms with van der Waals surface area (Å²) in [4.78, 5) is 12.2. The van der Waals surface area contributed by atoms with Crippen molar-refractivity contribution < 1.29 is 10.0 Å². The van der Waals surface area contributed by atoms with Crippen LogP contribution in [0.2, 0.25) is 0 Å². The average Bonchev–Trinajstić information content (AvgIpc) is 2.64. The van der Waals surface area contributed by atoms with Crippen LogP contribution in [0.1, 0.15) is 24.3 Å². The molecule has 0 spiro atoms.